The SMILES string of the molecule is O=C1NC(=S)N(c2ccc(Oc3ccccc3)cc2)C(=O)C1=Cc1ccc(O)c(O)c1. The van der Waals surface area contributed by atoms with E-state index in [4.69, 9.17) is 17.0 Å². The lowest BCUT2D eigenvalue weighted by atomic mass is 10.1. The normalized spacial score (nSPS) is 15.2. The first kappa shape index (κ1) is 20.1. The fraction of sp³-hybridized carbons (Fsp3) is 0. The van der Waals surface area contributed by atoms with E-state index in [1.165, 1.54) is 29.2 Å². The van der Waals surface area contributed by atoms with Crippen LogP contribution in [0.5, 0.6) is 23.0 Å². The Morgan fingerprint density at radius 1 is 0.871 bits per heavy atom. The number of amides is 2. The first-order valence-corrected chi connectivity index (χ1v) is 9.59. The van der Waals surface area contributed by atoms with Gasteiger partial charge in [-0.2, -0.15) is 0 Å². The van der Waals surface area contributed by atoms with Crippen molar-refractivity contribution in [2.75, 3.05) is 4.90 Å². The predicted molar refractivity (Wildman–Crippen MR) is 119 cm³/mol. The molecular weight excluding hydrogens is 416 g/mol. The highest BCUT2D eigenvalue weighted by Crippen LogP contribution is 2.29. The maximum Gasteiger partial charge on any atom is 0.270 e. The highest BCUT2D eigenvalue weighted by Gasteiger charge is 2.34. The summed E-state index contributed by atoms with van der Waals surface area (Å²) in [6.45, 7) is 0. The molecule has 3 N–H and O–H groups in total. The van der Waals surface area contributed by atoms with E-state index in [1.54, 1.807) is 24.3 Å². The number of carbonyl (C=O) groups excluding carboxylic acids is 2. The smallest absolute Gasteiger partial charge is 0.270 e. The first-order valence-electron chi connectivity index (χ1n) is 9.19. The van der Waals surface area contributed by atoms with Crippen LogP contribution >= 0.6 is 12.2 Å². The van der Waals surface area contributed by atoms with Crippen LogP contribution in [-0.4, -0.2) is 27.1 Å². The second kappa shape index (κ2) is 8.29. The van der Waals surface area contributed by atoms with Gasteiger partial charge in [0.05, 0.1) is 5.69 Å². The minimum absolute atomic E-state index is 0.0440. The molecule has 1 saturated heterocycles. The minimum Gasteiger partial charge on any atom is -0.504 e. The molecule has 1 aliphatic heterocycles. The molecule has 0 radical (unpaired) electrons. The lowest BCUT2D eigenvalue weighted by Crippen LogP contribution is -2.54. The maximum atomic E-state index is 13.0. The predicted octanol–water partition coefficient (Wildman–Crippen LogP) is 3.72. The molecule has 2 amide bonds. The topological polar surface area (TPSA) is 99.1 Å². The minimum atomic E-state index is -0.650. The van der Waals surface area contributed by atoms with Crippen molar-refractivity contribution in [3.8, 4) is 23.0 Å². The van der Waals surface area contributed by atoms with Gasteiger partial charge < -0.3 is 14.9 Å². The number of thiocarbonyl (C=S) groups is 1. The average Bonchev–Trinajstić information content (AvgIpc) is 2.75. The molecule has 7 nitrogen and oxygen atoms in total. The lowest BCUT2D eigenvalue weighted by molar-refractivity contribution is -0.122. The van der Waals surface area contributed by atoms with Crippen molar-refractivity contribution in [2.45, 2.75) is 0 Å². The summed E-state index contributed by atoms with van der Waals surface area (Å²) in [6.07, 6.45) is 1.32. The maximum absolute atomic E-state index is 13.0. The average molecular weight is 432 g/mol. The van der Waals surface area contributed by atoms with Crippen LogP contribution in [0, 0.1) is 0 Å². The molecule has 1 aliphatic rings. The van der Waals surface area contributed by atoms with E-state index in [2.05, 4.69) is 5.32 Å². The van der Waals surface area contributed by atoms with Crippen molar-refractivity contribution in [2.24, 2.45) is 0 Å². The van der Waals surface area contributed by atoms with E-state index in [0.717, 1.165) is 0 Å². The molecule has 0 aliphatic carbocycles. The number of phenolic OH excluding ortho intramolecular Hbond substituents is 2. The summed E-state index contributed by atoms with van der Waals surface area (Å²) in [5.74, 6) is -0.679. The van der Waals surface area contributed by atoms with Gasteiger partial charge in [0.2, 0.25) is 0 Å². The zero-order valence-corrected chi connectivity index (χ0v) is 16.8. The quantitative estimate of drug-likeness (QED) is 0.252. The van der Waals surface area contributed by atoms with Crippen molar-refractivity contribution in [1.82, 2.24) is 5.32 Å². The Labute approximate surface area is 182 Å². The third-order valence-electron chi connectivity index (χ3n) is 4.49. The highest BCUT2D eigenvalue weighted by molar-refractivity contribution is 7.80. The molecule has 0 spiro atoms. The summed E-state index contributed by atoms with van der Waals surface area (Å²) in [4.78, 5) is 26.6. The molecule has 154 valence electrons. The number of nitrogens with zero attached hydrogens (tertiary/aromatic N) is 1. The molecule has 0 aromatic heterocycles. The van der Waals surface area contributed by atoms with E-state index in [-0.39, 0.29) is 22.2 Å². The van der Waals surface area contributed by atoms with E-state index in [0.29, 0.717) is 22.7 Å². The van der Waals surface area contributed by atoms with Gasteiger partial charge in [0.1, 0.15) is 17.1 Å². The number of benzene rings is 3. The van der Waals surface area contributed by atoms with Gasteiger partial charge in [-0.15, -0.1) is 0 Å². The molecule has 3 aromatic carbocycles. The van der Waals surface area contributed by atoms with Crippen molar-refractivity contribution in [1.29, 1.82) is 0 Å². The molecule has 31 heavy (non-hydrogen) atoms. The van der Waals surface area contributed by atoms with Crippen LogP contribution in [0.15, 0.2) is 78.4 Å². The van der Waals surface area contributed by atoms with Crippen LogP contribution in [0.3, 0.4) is 0 Å². The summed E-state index contributed by atoms with van der Waals surface area (Å²) in [6, 6.07) is 19.9. The van der Waals surface area contributed by atoms with Gasteiger partial charge in [0.25, 0.3) is 11.8 Å². The number of rotatable bonds is 4. The van der Waals surface area contributed by atoms with Gasteiger partial charge in [0, 0.05) is 0 Å². The van der Waals surface area contributed by atoms with Gasteiger partial charge in [-0.25, -0.2) is 0 Å². The van der Waals surface area contributed by atoms with Crippen LogP contribution in [0.4, 0.5) is 5.69 Å². The molecule has 4 rings (SSSR count). The number of hydrogen-bond acceptors (Lipinski definition) is 6. The third-order valence-corrected chi connectivity index (χ3v) is 4.77. The van der Waals surface area contributed by atoms with E-state index < -0.39 is 11.8 Å². The van der Waals surface area contributed by atoms with Gasteiger partial charge in [-0.05, 0) is 72.4 Å². The number of nitrogens with one attached hydrogen (secondary N) is 1. The number of para-hydroxylation sites is 1. The Kier molecular flexibility index (Phi) is 5.38. The zero-order chi connectivity index (χ0) is 22.0. The Hall–Kier alpha value is -4.17. The molecule has 0 atom stereocenters. The van der Waals surface area contributed by atoms with Gasteiger partial charge in [0.15, 0.2) is 16.6 Å². The highest BCUT2D eigenvalue weighted by atomic mass is 32.1. The van der Waals surface area contributed by atoms with E-state index >= 15 is 0 Å². The van der Waals surface area contributed by atoms with Crippen LogP contribution in [-0.2, 0) is 9.59 Å². The van der Waals surface area contributed by atoms with Crippen LogP contribution in [0.1, 0.15) is 5.56 Å². The summed E-state index contributed by atoms with van der Waals surface area (Å²) in [5, 5.41) is 21.6. The molecule has 0 bridgehead atoms. The fourth-order valence-corrected chi connectivity index (χ4v) is 3.26. The molecule has 0 saturated carbocycles. The summed E-state index contributed by atoms with van der Waals surface area (Å²) >= 11 is 5.20. The number of carbonyl (C=O) groups is 2. The number of ether oxygens (including phenoxy) is 1. The summed E-state index contributed by atoms with van der Waals surface area (Å²) < 4.78 is 5.75. The molecule has 0 unspecified atom stereocenters. The molecule has 1 heterocycles. The number of hydrogen-bond donors (Lipinski definition) is 3. The third kappa shape index (κ3) is 4.24. The molecular formula is C23H16N2O5S. The Morgan fingerprint density at radius 2 is 1.55 bits per heavy atom. The number of phenols is 2. The van der Waals surface area contributed by atoms with Crippen LogP contribution in [0.2, 0.25) is 0 Å². The van der Waals surface area contributed by atoms with Gasteiger partial charge >= 0.3 is 0 Å². The molecule has 3 aromatic rings. The Morgan fingerprint density at radius 3 is 2.23 bits per heavy atom. The molecule has 1 fully saturated rings. The van der Waals surface area contributed by atoms with E-state index in [1.807, 2.05) is 30.3 Å². The summed E-state index contributed by atoms with van der Waals surface area (Å²) in [7, 11) is 0. The standard InChI is InChI=1S/C23H16N2O5S/c26-19-11-6-14(13-20(19)27)12-18-21(28)24-23(31)25(22(18)29)15-7-9-17(10-8-15)30-16-4-2-1-3-5-16/h1-13,26-27H,(H,24,28,31). The Bertz CT molecular complexity index is 1210. The van der Waals surface area contributed by atoms with Crippen LogP contribution in [0.25, 0.3) is 6.08 Å². The van der Waals surface area contributed by atoms with Crippen molar-refractivity contribution in [3.05, 3.63) is 83.9 Å². The largest absolute Gasteiger partial charge is 0.504 e. The van der Waals surface area contributed by atoms with Crippen molar-refractivity contribution >= 4 is 40.9 Å². The van der Waals surface area contributed by atoms with Crippen molar-refractivity contribution in [3.63, 3.8) is 0 Å². The first-order chi connectivity index (χ1) is 14.9. The Balaban J connectivity index is 1.61. The van der Waals surface area contributed by atoms with Crippen LogP contribution < -0.4 is 15.0 Å². The monoisotopic (exact) mass is 432 g/mol. The molecule has 8 heteroatoms. The van der Waals surface area contributed by atoms with Crippen molar-refractivity contribution < 1.29 is 24.5 Å². The number of aromatic hydroxyl groups is 2. The number of anilines is 1. The fourth-order valence-electron chi connectivity index (χ4n) is 2.98. The summed E-state index contributed by atoms with van der Waals surface area (Å²) in [5.41, 5.74) is 0.659. The second-order valence-corrected chi connectivity index (χ2v) is 7.00. The zero-order valence-electron chi connectivity index (χ0n) is 16.0. The lowest BCUT2D eigenvalue weighted by Gasteiger charge is -2.29. The second-order valence-electron chi connectivity index (χ2n) is 6.62. The van der Waals surface area contributed by atoms with Gasteiger partial charge in [-0.3, -0.25) is 19.8 Å². The van der Waals surface area contributed by atoms with E-state index in [9.17, 15) is 19.8 Å². The van der Waals surface area contributed by atoms with Gasteiger partial charge in [-0.1, -0.05) is 24.3 Å².